The largest absolute Gasteiger partial charge is 0.494 e. The third-order valence-corrected chi connectivity index (χ3v) is 3.43. The molecule has 0 heterocycles. The highest BCUT2D eigenvalue weighted by atomic mass is 35.5. The normalized spacial score (nSPS) is 10.5. The van der Waals surface area contributed by atoms with E-state index in [-0.39, 0.29) is 10.0 Å². The van der Waals surface area contributed by atoms with Crippen molar-refractivity contribution >= 4 is 28.9 Å². The Morgan fingerprint density at radius 2 is 1.71 bits per heavy atom. The van der Waals surface area contributed by atoms with E-state index in [1.165, 1.54) is 12.1 Å². The molecule has 21 heavy (non-hydrogen) atoms. The van der Waals surface area contributed by atoms with Gasteiger partial charge in [-0.2, -0.15) is 0 Å². The van der Waals surface area contributed by atoms with Gasteiger partial charge in [0.25, 0.3) is 0 Å². The second kappa shape index (κ2) is 7.53. The van der Waals surface area contributed by atoms with Gasteiger partial charge in [-0.05, 0) is 36.2 Å². The van der Waals surface area contributed by atoms with Crippen LogP contribution in [-0.4, -0.2) is 6.61 Å². The lowest BCUT2D eigenvalue weighted by Crippen LogP contribution is -2.00. The van der Waals surface area contributed by atoms with Gasteiger partial charge in [0, 0.05) is 12.2 Å². The van der Waals surface area contributed by atoms with Gasteiger partial charge in [-0.15, -0.1) is 0 Å². The summed E-state index contributed by atoms with van der Waals surface area (Å²) in [6.45, 7) is 3.37. The molecule has 0 bridgehead atoms. The lowest BCUT2D eigenvalue weighted by atomic mass is 10.2. The molecule has 0 aliphatic rings. The highest BCUT2D eigenvalue weighted by molar-refractivity contribution is 6.35. The molecule has 0 saturated carbocycles. The van der Waals surface area contributed by atoms with E-state index in [0.29, 0.717) is 18.8 Å². The molecule has 2 aromatic rings. The van der Waals surface area contributed by atoms with Crippen LogP contribution < -0.4 is 10.1 Å². The molecule has 2 rings (SSSR count). The number of benzene rings is 2. The van der Waals surface area contributed by atoms with Crippen LogP contribution in [0.25, 0.3) is 0 Å². The number of rotatable bonds is 6. The number of hydrogen-bond donors (Lipinski definition) is 1. The predicted octanol–water partition coefficient (Wildman–Crippen LogP) is 5.53. The molecule has 0 amide bonds. The van der Waals surface area contributed by atoms with E-state index in [4.69, 9.17) is 27.9 Å². The highest BCUT2D eigenvalue weighted by Crippen LogP contribution is 2.27. The molecule has 0 aliphatic carbocycles. The summed E-state index contributed by atoms with van der Waals surface area (Å²) in [6, 6.07) is 10.8. The fourth-order valence-electron chi connectivity index (χ4n) is 1.79. The summed E-state index contributed by atoms with van der Waals surface area (Å²) in [6.07, 6.45) is 0.982. The quantitative estimate of drug-likeness (QED) is 0.704. The zero-order valence-electron chi connectivity index (χ0n) is 11.6. The fourth-order valence-corrected chi connectivity index (χ4v) is 2.27. The minimum atomic E-state index is -0.596. The number of hydrogen-bond acceptors (Lipinski definition) is 2. The lowest BCUT2D eigenvalue weighted by Gasteiger charge is -2.09. The fraction of sp³-hybridized carbons (Fsp3) is 0.250. The molecule has 0 fully saturated rings. The Balaban J connectivity index is 1.96. The van der Waals surface area contributed by atoms with Crippen molar-refractivity contribution in [1.29, 1.82) is 0 Å². The Morgan fingerprint density at radius 1 is 1.10 bits per heavy atom. The van der Waals surface area contributed by atoms with Crippen LogP contribution in [0.15, 0.2) is 36.4 Å². The van der Waals surface area contributed by atoms with E-state index in [2.05, 4.69) is 12.2 Å². The van der Waals surface area contributed by atoms with Crippen molar-refractivity contribution < 1.29 is 9.13 Å². The van der Waals surface area contributed by atoms with Crippen LogP contribution >= 0.6 is 23.2 Å². The van der Waals surface area contributed by atoms with Crippen LogP contribution in [0.2, 0.25) is 10.0 Å². The Hall–Kier alpha value is -1.45. The standard InChI is InChI=1S/C16H16Cl2FNO/c1-2-7-21-13-5-3-11(4-6-13)10-20-12-8-14(17)16(19)15(18)9-12/h3-6,8-9,20H,2,7,10H2,1H3. The van der Waals surface area contributed by atoms with Crippen molar-refractivity contribution in [3.63, 3.8) is 0 Å². The molecule has 0 unspecified atom stereocenters. The van der Waals surface area contributed by atoms with Gasteiger partial charge in [-0.1, -0.05) is 42.3 Å². The van der Waals surface area contributed by atoms with E-state index >= 15 is 0 Å². The lowest BCUT2D eigenvalue weighted by molar-refractivity contribution is 0.317. The van der Waals surface area contributed by atoms with Crippen molar-refractivity contribution in [1.82, 2.24) is 0 Å². The van der Waals surface area contributed by atoms with E-state index in [1.807, 2.05) is 24.3 Å². The highest BCUT2D eigenvalue weighted by Gasteiger charge is 2.07. The van der Waals surface area contributed by atoms with Gasteiger partial charge in [-0.25, -0.2) is 4.39 Å². The molecular weight excluding hydrogens is 312 g/mol. The van der Waals surface area contributed by atoms with Crippen molar-refractivity contribution in [2.75, 3.05) is 11.9 Å². The first-order chi connectivity index (χ1) is 10.1. The third kappa shape index (κ3) is 4.51. The van der Waals surface area contributed by atoms with Crippen LogP contribution in [0.3, 0.4) is 0 Å². The first kappa shape index (κ1) is 15.9. The van der Waals surface area contributed by atoms with Gasteiger partial charge < -0.3 is 10.1 Å². The maximum atomic E-state index is 13.3. The molecule has 0 spiro atoms. The minimum absolute atomic E-state index is 0.00770. The van der Waals surface area contributed by atoms with Crippen molar-refractivity contribution in [3.8, 4) is 5.75 Å². The first-order valence-corrected chi connectivity index (χ1v) is 7.46. The molecule has 112 valence electrons. The van der Waals surface area contributed by atoms with Crippen LogP contribution in [0.1, 0.15) is 18.9 Å². The summed E-state index contributed by atoms with van der Waals surface area (Å²) >= 11 is 11.5. The Bertz CT molecular complexity index is 579. The smallest absolute Gasteiger partial charge is 0.160 e. The summed E-state index contributed by atoms with van der Waals surface area (Å²) in [4.78, 5) is 0. The predicted molar refractivity (Wildman–Crippen MR) is 86.0 cm³/mol. The average molecular weight is 328 g/mol. The summed E-state index contributed by atoms with van der Waals surface area (Å²) in [7, 11) is 0. The topological polar surface area (TPSA) is 21.3 Å². The maximum Gasteiger partial charge on any atom is 0.160 e. The molecule has 2 aromatic carbocycles. The number of nitrogens with one attached hydrogen (secondary N) is 1. The van der Waals surface area contributed by atoms with E-state index < -0.39 is 5.82 Å². The molecule has 2 nitrogen and oxygen atoms in total. The van der Waals surface area contributed by atoms with Gasteiger partial charge in [0.05, 0.1) is 16.7 Å². The summed E-state index contributed by atoms with van der Waals surface area (Å²) in [5.41, 5.74) is 1.76. The Morgan fingerprint density at radius 3 is 2.29 bits per heavy atom. The molecule has 5 heteroatoms. The minimum Gasteiger partial charge on any atom is -0.494 e. The zero-order chi connectivity index (χ0) is 15.2. The molecule has 0 aromatic heterocycles. The summed E-state index contributed by atoms with van der Waals surface area (Å²) in [5, 5.41) is 3.17. The number of anilines is 1. The van der Waals surface area contributed by atoms with Gasteiger partial charge in [0.1, 0.15) is 5.75 Å². The number of ether oxygens (including phenoxy) is 1. The first-order valence-electron chi connectivity index (χ1n) is 6.70. The Kier molecular flexibility index (Phi) is 5.71. The second-order valence-corrected chi connectivity index (χ2v) is 5.41. The monoisotopic (exact) mass is 327 g/mol. The SMILES string of the molecule is CCCOc1ccc(CNc2cc(Cl)c(F)c(Cl)c2)cc1. The molecule has 0 aliphatic heterocycles. The van der Waals surface area contributed by atoms with Crippen LogP contribution in [0.4, 0.5) is 10.1 Å². The van der Waals surface area contributed by atoms with E-state index in [0.717, 1.165) is 17.7 Å². The van der Waals surface area contributed by atoms with Crippen LogP contribution in [0, 0.1) is 5.82 Å². The van der Waals surface area contributed by atoms with Gasteiger partial charge >= 0.3 is 0 Å². The van der Waals surface area contributed by atoms with Crippen molar-refractivity contribution in [3.05, 3.63) is 57.8 Å². The maximum absolute atomic E-state index is 13.3. The third-order valence-electron chi connectivity index (χ3n) is 2.88. The van der Waals surface area contributed by atoms with Gasteiger partial charge in [0.15, 0.2) is 5.82 Å². The van der Waals surface area contributed by atoms with Crippen molar-refractivity contribution in [2.45, 2.75) is 19.9 Å². The molecule has 0 radical (unpaired) electrons. The molecule has 1 N–H and O–H groups in total. The molecular formula is C16H16Cl2FNO. The van der Waals surface area contributed by atoms with Crippen LogP contribution in [-0.2, 0) is 6.54 Å². The van der Waals surface area contributed by atoms with Crippen LogP contribution in [0.5, 0.6) is 5.75 Å². The molecule has 0 saturated heterocycles. The van der Waals surface area contributed by atoms with Crippen molar-refractivity contribution in [2.24, 2.45) is 0 Å². The average Bonchev–Trinajstić information content (AvgIpc) is 2.49. The van der Waals surface area contributed by atoms with Gasteiger partial charge in [0.2, 0.25) is 0 Å². The number of halogens is 3. The summed E-state index contributed by atoms with van der Waals surface area (Å²) < 4.78 is 18.8. The van der Waals surface area contributed by atoms with Gasteiger partial charge in [-0.3, -0.25) is 0 Å². The Labute approximate surface area is 133 Å². The van der Waals surface area contributed by atoms with E-state index in [1.54, 1.807) is 0 Å². The van der Waals surface area contributed by atoms with E-state index in [9.17, 15) is 4.39 Å². The second-order valence-electron chi connectivity index (χ2n) is 4.60. The summed E-state index contributed by atoms with van der Waals surface area (Å²) in [5.74, 6) is 0.259. The molecule has 0 atom stereocenters. The zero-order valence-corrected chi connectivity index (χ0v) is 13.1.